The largest absolute Gasteiger partial charge is 0.335 e. The topological polar surface area (TPSA) is 17.8 Å². The molecule has 0 amide bonds. The Kier molecular flexibility index (Phi) is 13.3. The van der Waals surface area contributed by atoms with E-state index in [2.05, 4.69) is 54.9 Å². The van der Waals surface area contributed by atoms with Crippen molar-refractivity contribution in [3.63, 3.8) is 0 Å². The highest BCUT2D eigenvalue weighted by Gasteiger charge is 2.07. The van der Waals surface area contributed by atoms with E-state index in [4.69, 9.17) is 4.98 Å². The van der Waals surface area contributed by atoms with Gasteiger partial charge in [-0.25, -0.2) is 4.98 Å². The Morgan fingerprint density at radius 3 is 1.83 bits per heavy atom. The van der Waals surface area contributed by atoms with Crippen molar-refractivity contribution in [1.29, 1.82) is 0 Å². The van der Waals surface area contributed by atoms with Crippen LogP contribution in [0.4, 0.5) is 0 Å². The lowest BCUT2D eigenvalue weighted by atomic mass is 10.0. The van der Waals surface area contributed by atoms with Crippen LogP contribution in [0.5, 0.6) is 0 Å². The van der Waals surface area contributed by atoms with Crippen LogP contribution in [-0.2, 0) is 25.8 Å². The predicted octanol–water partition coefficient (Wildman–Crippen LogP) is 8.32. The average Bonchev–Trinajstić information content (AvgIpc) is 3.17. The third-order valence-corrected chi connectivity index (χ3v) is 6.24. The highest BCUT2D eigenvalue weighted by Crippen LogP contribution is 2.15. The van der Waals surface area contributed by atoms with Gasteiger partial charge in [0.2, 0.25) is 0 Å². The van der Waals surface area contributed by atoms with Crippen LogP contribution in [0.3, 0.4) is 0 Å². The van der Waals surface area contributed by atoms with Gasteiger partial charge in [0.15, 0.2) is 0 Å². The van der Waals surface area contributed by atoms with Gasteiger partial charge in [-0.3, -0.25) is 0 Å². The van der Waals surface area contributed by atoms with Crippen molar-refractivity contribution < 1.29 is 0 Å². The molecule has 0 aliphatic heterocycles. The second-order valence-corrected chi connectivity index (χ2v) is 8.91. The summed E-state index contributed by atoms with van der Waals surface area (Å²) in [5.74, 6) is 1.30. The number of unbranched alkanes of at least 4 members (excludes halogenated alkanes) is 11. The van der Waals surface area contributed by atoms with E-state index in [-0.39, 0.29) is 0 Å². The first-order valence-electron chi connectivity index (χ1n) is 12.9. The Hall–Kier alpha value is -1.57. The van der Waals surface area contributed by atoms with Gasteiger partial charge in [0.05, 0.1) is 5.69 Å². The van der Waals surface area contributed by atoms with Crippen molar-refractivity contribution >= 4 is 0 Å². The highest BCUT2D eigenvalue weighted by molar-refractivity contribution is 5.15. The molecule has 0 radical (unpaired) electrons. The van der Waals surface area contributed by atoms with Crippen LogP contribution < -0.4 is 0 Å². The van der Waals surface area contributed by atoms with Crippen LogP contribution >= 0.6 is 0 Å². The maximum absolute atomic E-state index is 4.96. The second kappa shape index (κ2) is 16.2. The molecule has 1 heterocycles. The Morgan fingerprint density at radius 1 is 0.633 bits per heavy atom. The summed E-state index contributed by atoms with van der Waals surface area (Å²) in [4.78, 5) is 4.96. The number of aromatic nitrogens is 2. The van der Waals surface area contributed by atoms with E-state index in [0.717, 1.165) is 25.8 Å². The maximum Gasteiger partial charge on any atom is 0.108 e. The molecule has 1 aromatic carbocycles. The van der Waals surface area contributed by atoms with Crippen molar-refractivity contribution in [2.45, 2.75) is 123 Å². The molecule has 0 atom stereocenters. The zero-order valence-corrected chi connectivity index (χ0v) is 19.9. The minimum Gasteiger partial charge on any atom is -0.335 e. The van der Waals surface area contributed by atoms with Gasteiger partial charge < -0.3 is 4.57 Å². The van der Waals surface area contributed by atoms with Gasteiger partial charge in [0.1, 0.15) is 5.82 Å². The van der Waals surface area contributed by atoms with Crippen LogP contribution in [-0.4, -0.2) is 9.55 Å². The predicted molar refractivity (Wildman–Crippen MR) is 131 cm³/mol. The van der Waals surface area contributed by atoms with Gasteiger partial charge in [-0.1, -0.05) is 108 Å². The number of rotatable bonds is 18. The summed E-state index contributed by atoms with van der Waals surface area (Å²) in [5.41, 5.74) is 2.71. The van der Waals surface area contributed by atoms with Crippen LogP contribution in [0.25, 0.3) is 0 Å². The molecule has 0 aliphatic rings. The standard InChI is InChI=1S/C28H46N2/c1-3-5-6-7-8-9-10-11-12-13-14-18-24-28-29-27(25-30(28)4-2)23-19-22-26-20-16-15-17-21-26/h15-17,20-21,25H,3-14,18-19,22-24H2,1-2H3. The van der Waals surface area contributed by atoms with E-state index >= 15 is 0 Å². The van der Waals surface area contributed by atoms with E-state index in [1.807, 2.05) is 0 Å². The monoisotopic (exact) mass is 410 g/mol. The second-order valence-electron chi connectivity index (χ2n) is 8.91. The molecule has 2 rings (SSSR count). The SMILES string of the molecule is CCCCCCCCCCCCCCc1nc(CCCc2ccccc2)cn1CC. The van der Waals surface area contributed by atoms with Crippen molar-refractivity contribution in [3.05, 3.63) is 53.6 Å². The molecule has 1 aromatic heterocycles. The van der Waals surface area contributed by atoms with Crippen LogP contribution in [0.2, 0.25) is 0 Å². The first-order chi connectivity index (χ1) is 14.8. The zero-order chi connectivity index (χ0) is 21.3. The Labute approximate surface area is 186 Å². The summed E-state index contributed by atoms with van der Waals surface area (Å²) in [7, 11) is 0. The molecule has 0 bridgehead atoms. The Bertz CT molecular complexity index is 644. The summed E-state index contributed by atoms with van der Waals surface area (Å²) in [6, 6.07) is 10.8. The van der Waals surface area contributed by atoms with Crippen LogP contribution in [0.15, 0.2) is 36.5 Å². The van der Waals surface area contributed by atoms with Crippen molar-refractivity contribution in [3.8, 4) is 0 Å². The number of hydrogen-bond acceptors (Lipinski definition) is 1. The third kappa shape index (κ3) is 10.5. The van der Waals surface area contributed by atoms with Gasteiger partial charge in [-0.15, -0.1) is 0 Å². The lowest BCUT2D eigenvalue weighted by molar-refractivity contribution is 0.540. The lowest BCUT2D eigenvalue weighted by Crippen LogP contribution is -2.00. The number of benzene rings is 1. The summed E-state index contributed by atoms with van der Waals surface area (Å²) >= 11 is 0. The van der Waals surface area contributed by atoms with Gasteiger partial charge in [-0.2, -0.15) is 0 Å². The number of nitrogens with zero attached hydrogens (tertiary/aromatic N) is 2. The quantitative estimate of drug-likeness (QED) is 0.226. The van der Waals surface area contributed by atoms with Crippen molar-refractivity contribution in [2.75, 3.05) is 0 Å². The zero-order valence-electron chi connectivity index (χ0n) is 19.9. The molecule has 0 spiro atoms. The van der Waals surface area contributed by atoms with Gasteiger partial charge in [0.25, 0.3) is 0 Å². The summed E-state index contributed by atoms with van der Waals surface area (Å²) in [5, 5.41) is 0. The van der Waals surface area contributed by atoms with E-state index in [1.54, 1.807) is 0 Å². The highest BCUT2D eigenvalue weighted by atomic mass is 15.1. The van der Waals surface area contributed by atoms with Gasteiger partial charge in [-0.05, 0) is 38.2 Å². The fraction of sp³-hybridized carbons (Fsp3) is 0.679. The minimum absolute atomic E-state index is 1.04. The first kappa shape index (κ1) is 24.7. The lowest BCUT2D eigenvalue weighted by Gasteiger charge is -2.05. The molecule has 30 heavy (non-hydrogen) atoms. The number of hydrogen-bond donors (Lipinski definition) is 0. The first-order valence-corrected chi connectivity index (χ1v) is 12.9. The number of imidazole rings is 1. The molecule has 0 aliphatic carbocycles. The van der Waals surface area contributed by atoms with E-state index in [9.17, 15) is 0 Å². The molecule has 2 heteroatoms. The fourth-order valence-corrected chi connectivity index (χ4v) is 4.35. The van der Waals surface area contributed by atoms with Gasteiger partial charge in [0, 0.05) is 19.2 Å². The molecule has 2 nitrogen and oxygen atoms in total. The van der Waals surface area contributed by atoms with Crippen LogP contribution in [0.1, 0.15) is 114 Å². The van der Waals surface area contributed by atoms with Crippen molar-refractivity contribution in [1.82, 2.24) is 9.55 Å². The minimum atomic E-state index is 1.04. The smallest absolute Gasteiger partial charge is 0.108 e. The normalized spacial score (nSPS) is 11.3. The Morgan fingerprint density at radius 2 is 1.23 bits per heavy atom. The maximum atomic E-state index is 4.96. The molecular weight excluding hydrogens is 364 g/mol. The third-order valence-electron chi connectivity index (χ3n) is 6.24. The van der Waals surface area contributed by atoms with Crippen LogP contribution in [0, 0.1) is 0 Å². The van der Waals surface area contributed by atoms with Crippen molar-refractivity contribution in [2.24, 2.45) is 0 Å². The van der Waals surface area contributed by atoms with Gasteiger partial charge >= 0.3 is 0 Å². The summed E-state index contributed by atoms with van der Waals surface area (Å²) in [6.07, 6.45) is 23.8. The molecule has 2 aromatic rings. The number of aryl methyl sites for hydroxylation is 4. The average molecular weight is 411 g/mol. The van der Waals surface area contributed by atoms with E-state index in [1.165, 1.54) is 101 Å². The molecule has 168 valence electrons. The molecular formula is C28H46N2. The molecule has 0 saturated heterocycles. The van der Waals surface area contributed by atoms with E-state index < -0.39 is 0 Å². The van der Waals surface area contributed by atoms with E-state index in [0.29, 0.717) is 0 Å². The fourth-order valence-electron chi connectivity index (χ4n) is 4.35. The molecule has 0 fully saturated rings. The molecule has 0 saturated carbocycles. The summed E-state index contributed by atoms with van der Waals surface area (Å²) < 4.78 is 2.37. The molecule has 0 N–H and O–H groups in total. The Balaban J connectivity index is 1.53. The molecule has 0 unspecified atom stereocenters. The summed E-state index contributed by atoms with van der Waals surface area (Å²) in [6.45, 7) is 5.57.